The van der Waals surface area contributed by atoms with E-state index in [9.17, 15) is 4.79 Å². The number of hydrogen-bond acceptors (Lipinski definition) is 2. The maximum atomic E-state index is 11.0. The Kier molecular flexibility index (Phi) is 3.49. The molecule has 16 heavy (non-hydrogen) atoms. The predicted molar refractivity (Wildman–Crippen MR) is 63.9 cm³/mol. The molecule has 0 saturated heterocycles. The minimum absolute atomic E-state index is 0.213. The van der Waals surface area contributed by atoms with Gasteiger partial charge in [0.05, 0.1) is 6.61 Å². The highest BCUT2D eigenvalue weighted by Gasteiger charge is 2.21. The summed E-state index contributed by atoms with van der Waals surface area (Å²) in [6.07, 6.45) is 3.60. The molecule has 0 aromatic heterocycles. The second-order valence-electron chi connectivity index (χ2n) is 4.03. The molecule has 0 spiro atoms. The van der Waals surface area contributed by atoms with Crippen molar-refractivity contribution in [1.82, 2.24) is 0 Å². The summed E-state index contributed by atoms with van der Waals surface area (Å²) in [6, 6.07) is 5.05. The molecule has 86 valence electrons. The fourth-order valence-corrected chi connectivity index (χ4v) is 1.90. The van der Waals surface area contributed by atoms with Crippen molar-refractivity contribution >= 4 is 21.9 Å². The van der Waals surface area contributed by atoms with Crippen LogP contribution in [-0.4, -0.2) is 17.7 Å². The van der Waals surface area contributed by atoms with Crippen molar-refractivity contribution in [3.63, 3.8) is 0 Å². The number of carboxylic acids is 1. The molecule has 2 rings (SSSR count). The predicted octanol–water partition coefficient (Wildman–Crippen LogP) is 3.33. The molecule has 3 nitrogen and oxygen atoms in total. The summed E-state index contributed by atoms with van der Waals surface area (Å²) in [6.45, 7) is 0.604. The number of carboxylic acid groups (broad SMARTS) is 1. The number of benzene rings is 1. The summed E-state index contributed by atoms with van der Waals surface area (Å²) in [5.41, 5.74) is 0.213. The van der Waals surface area contributed by atoms with Gasteiger partial charge in [-0.1, -0.05) is 28.8 Å². The van der Waals surface area contributed by atoms with Gasteiger partial charge in [-0.2, -0.15) is 0 Å². The molecule has 0 atom stereocenters. The Bertz CT molecular complexity index is 399. The highest BCUT2D eigenvalue weighted by Crippen LogP contribution is 2.32. The van der Waals surface area contributed by atoms with E-state index in [2.05, 4.69) is 15.9 Å². The monoisotopic (exact) mass is 284 g/mol. The quantitative estimate of drug-likeness (QED) is 0.902. The summed E-state index contributed by atoms with van der Waals surface area (Å²) in [5.74, 6) is 0.294. The van der Waals surface area contributed by atoms with Gasteiger partial charge >= 0.3 is 5.97 Å². The molecule has 0 unspecified atom stereocenters. The van der Waals surface area contributed by atoms with Gasteiger partial charge in [0.2, 0.25) is 0 Å². The largest absolute Gasteiger partial charge is 0.493 e. The lowest BCUT2D eigenvalue weighted by atomic mass is 10.2. The Balaban J connectivity index is 2.02. The smallest absolute Gasteiger partial charge is 0.339 e. The van der Waals surface area contributed by atoms with Crippen molar-refractivity contribution in [1.29, 1.82) is 0 Å². The molecule has 1 aromatic rings. The molecule has 1 aliphatic carbocycles. The lowest BCUT2D eigenvalue weighted by Crippen LogP contribution is -2.05. The van der Waals surface area contributed by atoms with E-state index in [1.54, 1.807) is 18.2 Å². The Morgan fingerprint density at radius 2 is 2.25 bits per heavy atom. The second kappa shape index (κ2) is 4.87. The van der Waals surface area contributed by atoms with Crippen LogP contribution in [0.2, 0.25) is 0 Å². The van der Waals surface area contributed by atoms with Gasteiger partial charge in [-0.15, -0.1) is 0 Å². The fraction of sp³-hybridized carbons (Fsp3) is 0.417. The molecule has 0 heterocycles. The molecular weight excluding hydrogens is 272 g/mol. The number of halogens is 1. The van der Waals surface area contributed by atoms with Crippen molar-refractivity contribution in [3.8, 4) is 5.75 Å². The first-order chi connectivity index (χ1) is 7.66. The maximum absolute atomic E-state index is 11.0. The number of hydrogen-bond donors (Lipinski definition) is 1. The summed E-state index contributed by atoms with van der Waals surface area (Å²) < 4.78 is 6.25. The summed E-state index contributed by atoms with van der Waals surface area (Å²) in [4.78, 5) is 11.0. The lowest BCUT2D eigenvalue weighted by Gasteiger charge is -2.08. The van der Waals surface area contributed by atoms with Crippen molar-refractivity contribution in [2.75, 3.05) is 6.61 Å². The number of ether oxygens (including phenoxy) is 1. The lowest BCUT2D eigenvalue weighted by molar-refractivity contribution is 0.0692. The minimum atomic E-state index is -0.956. The van der Waals surface area contributed by atoms with Gasteiger partial charge in [-0.3, -0.25) is 0 Å². The average Bonchev–Trinajstić information content (AvgIpc) is 3.04. The van der Waals surface area contributed by atoms with Crippen LogP contribution < -0.4 is 4.74 Å². The molecule has 1 saturated carbocycles. The van der Waals surface area contributed by atoms with Crippen LogP contribution >= 0.6 is 15.9 Å². The summed E-state index contributed by atoms with van der Waals surface area (Å²) in [7, 11) is 0. The Labute approximate surface area is 103 Å². The van der Waals surface area contributed by atoms with Crippen LogP contribution in [0.4, 0.5) is 0 Å². The zero-order chi connectivity index (χ0) is 11.5. The SMILES string of the molecule is O=C(O)c1cc(Br)ccc1OCCC1CC1. The maximum Gasteiger partial charge on any atom is 0.339 e. The van der Waals surface area contributed by atoms with Gasteiger partial charge in [-0.05, 0) is 30.5 Å². The van der Waals surface area contributed by atoms with Gasteiger partial charge in [-0.25, -0.2) is 4.79 Å². The number of rotatable bonds is 5. The molecule has 4 heteroatoms. The van der Waals surface area contributed by atoms with E-state index in [-0.39, 0.29) is 5.56 Å². The van der Waals surface area contributed by atoms with Crippen LogP contribution in [-0.2, 0) is 0 Å². The average molecular weight is 285 g/mol. The van der Waals surface area contributed by atoms with Crippen LogP contribution in [0, 0.1) is 5.92 Å². The van der Waals surface area contributed by atoms with Crippen molar-refractivity contribution < 1.29 is 14.6 Å². The van der Waals surface area contributed by atoms with Gasteiger partial charge in [0.1, 0.15) is 11.3 Å². The van der Waals surface area contributed by atoms with Crippen molar-refractivity contribution in [3.05, 3.63) is 28.2 Å². The summed E-state index contributed by atoms with van der Waals surface area (Å²) in [5, 5.41) is 9.01. The summed E-state index contributed by atoms with van der Waals surface area (Å²) >= 11 is 3.25. The van der Waals surface area contributed by atoms with Gasteiger partial charge < -0.3 is 9.84 Å². The van der Waals surface area contributed by atoms with E-state index >= 15 is 0 Å². The third-order valence-electron chi connectivity index (χ3n) is 2.65. The Morgan fingerprint density at radius 1 is 1.50 bits per heavy atom. The molecule has 1 aromatic carbocycles. The zero-order valence-corrected chi connectivity index (χ0v) is 10.4. The molecule has 0 amide bonds. The van der Waals surface area contributed by atoms with Crippen molar-refractivity contribution in [2.24, 2.45) is 5.92 Å². The van der Waals surface area contributed by atoms with Gasteiger partial charge in [0.25, 0.3) is 0 Å². The van der Waals surface area contributed by atoms with E-state index in [0.717, 1.165) is 16.8 Å². The van der Waals surface area contributed by atoms with Crippen LogP contribution in [0.25, 0.3) is 0 Å². The van der Waals surface area contributed by atoms with E-state index in [4.69, 9.17) is 9.84 Å². The molecular formula is C12H13BrO3. The first-order valence-electron chi connectivity index (χ1n) is 5.32. The standard InChI is InChI=1S/C12H13BrO3/c13-9-3-4-11(10(7-9)12(14)15)16-6-5-8-1-2-8/h3-4,7-8H,1-2,5-6H2,(H,14,15). The van der Waals surface area contributed by atoms with Crippen molar-refractivity contribution in [2.45, 2.75) is 19.3 Å². The highest BCUT2D eigenvalue weighted by atomic mass is 79.9. The van der Waals surface area contributed by atoms with Gasteiger partial charge in [0.15, 0.2) is 0 Å². The highest BCUT2D eigenvalue weighted by molar-refractivity contribution is 9.10. The van der Waals surface area contributed by atoms with E-state index < -0.39 is 5.97 Å². The second-order valence-corrected chi connectivity index (χ2v) is 4.94. The molecule has 0 radical (unpaired) electrons. The number of carbonyl (C=O) groups is 1. The third-order valence-corrected chi connectivity index (χ3v) is 3.15. The first kappa shape index (κ1) is 11.5. The minimum Gasteiger partial charge on any atom is -0.493 e. The van der Waals surface area contributed by atoms with Crippen LogP contribution in [0.1, 0.15) is 29.6 Å². The fourth-order valence-electron chi connectivity index (χ4n) is 1.54. The molecule has 0 bridgehead atoms. The van der Waals surface area contributed by atoms with E-state index in [0.29, 0.717) is 12.4 Å². The number of aromatic carboxylic acids is 1. The topological polar surface area (TPSA) is 46.5 Å². The first-order valence-corrected chi connectivity index (χ1v) is 6.12. The molecule has 1 aliphatic rings. The Morgan fingerprint density at radius 3 is 2.88 bits per heavy atom. The molecule has 1 N–H and O–H groups in total. The van der Waals surface area contributed by atoms with Crippen LogP contribution in [0.5, 0.6) is 5.75 Å². The normalized spacial score (nSPS) is 14.8. The van der Waals surface area contributed by atoms with Gasteiger partial charge in [0, 0.05) is 4.47 Å². The zero-order valence-electron chi connectivity index (χ0n) is 8.78. The van der Waals surface area contributed by atoms with Crippen LogP contribution in [0.3, 0.4) is 0 Å². The third kappa shape index (κ3) is 2.98. The van der Waals surface area contributed by atoms with Crippen LogP contribution in [0.15, 0.2) is 22.7 Å². The Hall–Kier alpha value is -1.03. The van der Waals surface area contributed by atoms with E-state index in [1.807, 2.05) is 0 Å². The molecule has 1 fully saturated rings. The van der Waals surface area contributed by atoms with E-state index in [1.165, 1.54) is 12.8 Å². The molecule has 0 aliphatic heterocycles.